The van der Waals surface area contributed by atoms with Crippen molar-refractivity contribution in [3.63, 3.8) is 0 Å². The fourth-order valence-electron chi connectivity index (χ4n) is 2.07. The summed E-state index contributed by atoms with van der Waals surface area (Å²) in [4.78, 5) is 23.4. The number of carbonyl (C=O) groups is 2. The molecule has 0 rings (SSSR count). The molecule has 3 N–H and O–H groups in total. The second-order valence-corrected chi connectivity index (χ2v) is 9.91. The number of unbranched alkanes of at least 4 members (excludes halogenated alkanes) is 1. The lowest BCUT2D eigenvalue weighted by Crippen LogP contribution is -2.40. The highest BCUT2D eigenvalue weighted by Crippen LogP contribution is 2.11. The molecule has 0 unspecified atom stereocenters. The van der Waals surface area contributed by atoms with Crippen LogP contribution in [0.2, 0.25) is 0 Å². The van der Waals surface area contributed by atoms with Crippen molar-refractivity contribution in [3.05, 3.63) is 0 Å². The summed E-state index contributed by atoms with van der Waals surface area (Å²) in [6, 6.07) is -0.469. The molecule has 9 nitrogen and oxygen atoms in total. The molecule has 0 aromatic carbocycles. The maximum Gasteiger partial charge on any atom is 0.407 e. The molecule has 0 aromatic heterocycles. The van der Waals surface area contributed by atoms with Crippen molar-refractivity contribution >= 4 is 22.3 Å². The average Bonchev–Trinajstić information content (AvgIpc) is 2.39. The molecule has 10 heteroatoms. The largest absolute Gasteiger partial charge is 0.444 e. The van der Waals surface area contributed by atoms with Crippen LogP contribution in [0.4, 0.5) is 9.59 Å². The van der Waals surface area contributed by atoms with Crippen molar-refractivity contribution in [2.75, 3.05) is 12.3 Å². The fourth-order valence-corrected chi connectivity index (χ4v) is 2.66. The smallest absolute Gasteiger partial charge is 0.407 e. The van der Waals surface area contributed by atoms with E-state index in [1.807, 2.05) is 0 Å². The molecular weight excluding hydrogens is 376 g/mol. The predicted molar refractivity (Wildman–Crippen MR) is 102 cm³/mol. The fraction of sp³-hybridized carbons (Fsp3) is 0.882. The summed E-state index contributed by atoms with van der Waals surface area (Å²) >= 11 is 0. The molecule has 160 valence electrons. The maximum atomic E-state index is 11.9. The summed E-state index contributed by atoms with van der Waals surface area (Å²) in [5.74, 6) is -0.455. The molecule has 0 aliphatic carbocycles. The summed E-state index contributed by atoms with van der Waals surface area (Å²) in [5.41, 5.74) is -1.24. The van der Waals surface area contributed by atoms with Gasteiger partial charge in [-0.1, -0.05) is 0 Å². The lowest BCUT2D eigenvalue weighted by molar-refractivity contribution is 0.0498. The number of alkyl carbamates (subject to hydrolysis) is 2. The van der Waals surface area contributed by atoms with Gasteiger partial charge in [-0.2, -0.15) is 8.42 Å². The minimum atomic E-state index is -4.12. The zero-order chi connectivity index (χ0) is 21.3. The summed E-state index contributed by atoms with van der Waals surface area (Å²) in [7, 11) is -4.12. The van der Waals surface area contributed by atoms with Gasteiger partial charge in [0.15, 0.2) is 0 Å². The molecule has 27 heavy (non-hydrogen) atoms. The normalized spacial score (nSPS) is 13.6. The average molecular weight is 411 g/mol. The van der Waals surface area contributed by atoms with Gasteiger partial charge < -0.3 is 20.1 Å². The van der Waals surface area contributed by atoms with Crippen LogP contribution in [0.1, 0.15) is 67.2 Å². The van der Waals surface area contributed by atoms with E-state index in [1.54, 1.807) is 41.5 Å². The number of hydrogen-bond donors (Lipinski definition) is 3. The first kappa shape index (κ1) is 25.4. The molecule has 0 heterocycles. The van der Waals surface area contributed by atoms with Crippen LogP contribution in [0.15, 0.2) is 0 Å². The first-order valence-electron chi connectivity index (χ1n) is 8.99. The molecule has 2 amide bonds. The van der Waals surface area contributed by atoms with Gasteiger partial charge in [0.05, 0.1) is 5.75 Å². The molecule has 0 aromatic rings. The number of ether oxygens (including phenoxy) is 2. The topological polar surface area (TPSA) is 131 Å². The van der Waals surface area contributed by atoms with Gasteiger partial charge in [-0.25, -0.2) is 9.59 Å². The Bertz CT molecular complexity index is 577. The van der Waals surface area contributed by atoms with Gasteiger partial charge in [0.2, 0.25) is 0 Å². The van der Waals surface area contributed by atoms with Crippen molar-refractivity contribution < 1.29 is 32.0 Å². The summed E-state index contributed by atoms with van der Waals surface area (Å²) < 4.78 is 41.1. The number of amides is 2. The van der Waals surface area contributed by atoms with Gasteiger partial charge in [0.25, 0.3) is 10.1 Å². The van der Waals surface area contributed by atoms with E-state index in [4.69, 9.17) is 14.0 Å². The van der Waals surface area contributed by atoms with Crippen molar-refractivity contribution in [2.45, 2.75) is 84.5 Å². The Morgan fingerprint density at radius 1 is 0.926 bits per heavy atom. The van der Waals surface area contributed by atoms with E-state index in [-0.39, 0.29) is 6.42 Å². The van der Waals surface area contributed by atoms with E-state index in [0.29, 0.717) is 25.8 Å². The minimum absolute atomic E-state index is 0.0670. The van der Waals surface area contributed by atoms with Gasteiger partial charge in [-0.15, -0.1) is 0 Å². The Hall–Kier alpha value is -1.55. The maximum absolute atomic E-state index is 11.9. The third-order valence-corrected chi connectivity index (χ3v) is 3.84. The molecule has 0 spiro atoms. The molecule has 0 saturated heterocycles. The van der Waals surface area contributed by atoms with Crippen molar-refractivity contribution in [3.8, 4) is 0 Å². The lowest BCUT2D eigenvalue weighted by Gasteiger charge is -2.23. The first-order valence-corrected chi connectivity index (χ1v) is 10.6. The number of rotatable bonds is 9. The van der Waals surface area contributed by atoms with E-state index >= 15 is 0 Å². The predicted octanol–water partition coefficient (Wildman–Crippen LogP) is 2.85. The van der Waals surface area contributed by atoms with E-state index in [0.717, 1.165) is 0 Å². The standard InChI is InChI=1S/C17H34N2O7S/c1-16(2,3)25-14(20)18-11-8-7-9-13(10-12-27(22,23)24)19-15(21)26-17(4,5)6/h13H,7-12H2,1-6H3,(H,18,20)(H,19,21)(H,22,23,24)/t13-/m0/s1. The van der Waals surface area contributed by atoms with Crippen LogP contribution in [0.3, 0.4) is 0 Å². The third kappa shape index (κ3) is 17.6. The molecule has 0 fully saturated rings. The summed E-state index contributed by atoms with van der Waals surface area (Å²) in [6.45, 7) is 10.9. The second-order valence-electron chi connectivity index (χ2n) is 8.34. The molecule has 0 bridgehead atoms. The quantitative estimate of drug-likeness (QED) is 0.393. The SMILES string of the molecule is CC(C)(C)OC(=O)NCCCC[C@@H](CCS(=O)(=O)O)NC(=O)OC(C)(C)C. The Labute approximate surface area is 162 Å². The van der Waals surface area contributed by atoms with Gasteiger partial charge in [-0.05, 0) is 67.2 Å². The Morgan fingerprint density at radius 2 is 1.44 bits per heavy atom. The van der Waals surface area contributed by atoms with E-state index in [2.05, 4.69) is 10.6 Å². The Balaban J connectivity index is 4.38. The molecule has 0 aliphatic rings. The van der Waals surface area contributed by atoms with Crippen LogP contribution in [0, 0.1) is 0 Å². The molecular formula is C17H34N2O7S. The van der Waals surface area contributed by atoms with Gasteiger partial charge in [-0.3, -0.25) is 4.55 Å². The lowest BCUT2D eigenvalue weighted by atomic mass is 10.1. The highest BCUT2D eigenvalue weighted by atomic mass is 32.2. The van der Waals surface area contributed by atoms with E-state index in [1.165, 1.54) is 0 Å². The Kier molecular flexibility index (Phi) is 10.1. The number of carbonyl (C=O) groups excluding carboxylic acids is 2. The zero-order valence-electron chi connectivity index (χ0n) is 17.1. The minimum Gasteiger partial charge on any atom is -0.444 e. The highest BCUT2D eigenvalue weighted by Gasteiger charge is 2.21. The molecule has 0 saturated carbocycles. The van der Waals surface area contributed by atoms with Crippen LogP contribution < -0.4 is 10.6 Å². The van der Waals surface area contributed by atoms with Gasteiger partial charge in [0, 0.05) is 12.6 Å². The highest BCUT2D eigenvalue weighted by molar-refractivity contribution is 7.85. The molecule has 0 radical (unpaired) electrons. The number of hydrogen-bond acceptors (Lipinski definition) is 6. The van der Waals surface area contributed by atoms with Crippen LogP contribution >= 0.6 is 0 Å². The van der Waals surface area contributed by atoms with Crippen molar-refractivity contribution in [1.29, 1.82) is 0 Å². The van der Waals surface area contributed by atoms with Gasteiger partial charge >= 0.3 is 12.2 Å². The van der Waals surface area contributed by atoms with E-state index < -0.39 is 45.3 Å². The van der Waals surface area contributed by atoms with Gasteiger partial charge in [0.1, 0.15) is 11.2 Å². The monoisotopic (exact) mass is 410 g/mol. The molecule has 1 atom stereocenters. The van der Waals surface area contributed by atoms with E-state index in [9.17, 15) is 18.0 Å². The first-order chi connectivity index (χ1) is 12.1. The van der Waals surface area contributed by atoms with Crippen molar-refractivity contribution in [2.24, 2.45) is 0 Å². The third-order valence-electron chi connectivity index (χ3n) is 3.09. The second kappa shape index (κ2) is 10.7. The van der Waals surface area contributed by atoms with Crippen LogP contribution in [0.25, 0.3) is 0 Å². The zero-order valence-corrected chi connectivity index (χ0v) is 17.9. The van der Waals surface area contributed by atoms with Crippen molar-refractivity contribution in [1.82, 2.24) is 10.6 Å². The summed E-state index contributed by atoms with van der Waals surface area (Å²) in [6.07, 6.45) is 0.647. The Morgan fingerprint density at radius 3 is 1.93 bits per heavy atom. The summed E-state index contributed by atoms with van der Waals surface area (Å²) in [5, 5.41) is 5.26. The number of nitrogens with one attached hydrogen (secondary N) is 2. The van der Waals surface area contributed by atoms with Crippen LogP contribution in [0.5, 0.6) is 0 Å². The van der Waals surface area contributed by atoms with Crippen LogP contribution in [-0.4, -0.2) is 54.7 Å². The van der Waals surface area contributed by atoms with Crippen LogP contribution in [-0.2, 0) is 19.6 Å². The molecule has 0 aliphatic heterocycles.